The van der Waals surface area contributed by atoms with Crippen LogP contribution in [-0.4, -0.2) is 51.8 Å². The van der Waals surface area contributed by atoms with Gasteiger partial charge in [0.05, 0.1) is 6.10 Å². The molecule has 2 fully saturated rings. The molecule has 3 heterocycles. The number of nitrogens with zero attached hydrogens (tertiary/aromatic N) is 1. The van der Waals surface area contributed by atoms with Crippen molar-refractivity contribution < 1.29 is 23.7 Å². The van der Waals surface area contributed by atoms with E-state index in [1.54, 1.807) is 13.8 Å². The first-order valence-corrected chi connectivity index (χ1v) is 8.76. The molecule has 0 spiro atoms. The maximum atomic E-state index is 12.0. The second-order valence-electron chi connectivity index (χ2n) is 5.84. The molecule has 1 aromatic heterocycles. The lowest BCUT2D eigenvalue weighted by Crippen LogP contribution is -2.50. The van der Waals surface area contributed by atoms with Crippen molar-refractivity contribution in [1.29, 1.82) is 0 Å². The molecule has 10 heteroatoms. The third kappa shape index (κ3) is 2.49. The number of rotatable bonds is 4. The van der Waals surface area contributed by atoms with Crippen molar-refractivity contribution in [2.75, 3.05) is 13.3 Å². The zero-order valence-electron chi connectivity index (χ0n) is 12.9. The minimum absolute atomic E-state index is 0.120. The van der Waals surface area contributed by atoms with E-state index in [-0.39, 0.29) is 6.61 Å². The number of aromatic nitrogens is 2. The number of hydrogen-bond donors (Lipinski definition) is 2. The molecular weight excluding hydrogens is 327 g/mol. The van der Waals surface area contributed by atoms with E-state index >= 15 is 0 Å². The van der Waals surface area contributed by atoms with Crippen LogP contribution >= 0.6 is 8.03 Å². The number of aliphatic hydroxyl groups is 1. The maximum Gasteiger partial charge on any atom is 0.504 e. The molecule has 0 aromatic carbocycles. The van der Waals surface area contributed by atoms with E-state index < -0.39 is 49.4 Å². The normalized spacial score (nSPS) is 36.4. The van der Waals surface area contributed by atoms with Crippen LogP contribution in [0, 0.1) is 6.92 Å². The van der Waals surface area contributed by atoms with Gasteiger partial charge in [-0.2, -0.15) is 0 Å². The maximum absolute atomic E-state index is 12.0. The van der Waals surface area contributed by atoms with Gasteiger partial charge in [0.1, 0.15) is 18.8 Å². The van der Waals surface area contributed by atoms with Crippen molar-refractivity contribution in [1.82, 2.24) is 9.55 Å². The summed E-state index contributed by atoms with van der Waals surface area (Å²) in [6, 6.07) is 0. The van der Waals surface area contributed by atoms with Crippen LogP contribution in [0.1, 0.15) is 18.7 Å². The molecule has 0 radical (unpaired) electrons. The van der Waals surface area contributed by atoms with Crippen LogP contribution < -0.4 is 11.2 Å². The highest BCUT2D eigenvalue weighted by Gasteiger charge is 2.66. The summed E-state index contributed by atoms with van der Waals surface area (Å²) < 4.78 is 29.2. The standard InChI is InChI=1S/C13H17N2O7P/c1-6-4-15(12(18)14-10(6)17)11-8-9(16)13(22-11,7(2)21-8)5-20-23(3)19/h4,7-9,11,16H,5H2,1-3H3/p+1/t7-,8-,9+,11-,13+/m1/s1. The zero-order chi connectivity index (χ0) is 16.9. The Hall–Kier alpha value is -1.38. The van der Waals surface area contributed by atoms with Gasteiger partial charge in [-0.25, -0.2) is 4.79 Å². The highest BCUT2D eigenvalue weighted by molar-refractivity contribution is 7.38. The second-order valence-corrected chi connectivity index (χ2v) is 6.98. The SMILES string of the molecule is Cc1cn([C@@H]2O[C@@]3(CO[P+](C)=O)[C@@H](C)O[C@@H]2[C@@H]3O)c(=O)[nH]c1=O. The molecule has 0 aliphatic carbocycles. The summed E-state index contributed by atoms with van der Waals surface area (Å²) in [6.45, 7) is 4.55. The van der Waals surface area contributed by atoms with E-state index in [4.69, 9.17) is 14.0 Å². The molecule has 126 valence electrons. The number of aromatic amines is 1. The van der Waals surface area contributed by atoms with Crippen LogP contribution in [0.4, 0.5) is 0 Å². The highest BCUT2D eigenvalue weighted by Crippen LogP contribution is 2.49. The van der Waals surface area contributed by atoms with Gasteiger partial charge >= 0.3 is 13.7 Å². The molecule has 2 bridgehead atoms. The summed E-state index contributed by atoms with van der Waals surface area (Å²) in [4.78, 5) is 25.7. The summed E-state index contributed by atoms with van der Waals surface area (Å²) in [6.07, 6.45) is -1.86. The lowest BCUT2D eigenvalue weighted by atomic mass is 9.94. The summed E-state index contributed by atoms with van der Waals surface area (Å²) in [5.74, 6) is 0. The third-order valence-corrected chi connectivity index (χ3v) is 4.87. The summed E-state index contributed by atoms with van der Waals surface area (Å²) in [7, 11) is -1.87. The molecule has 3 rings (SSSR count). The fourth-order valence-corrected chi connectivity index (χ4v) is 3.43. The molecule has 9 nitrogen and oxygen atoms in total. The van der Waals surface area contributed by atoms with Crippen molar-refractivity contribution in [2.45, 2.75) is 44.0 Å². The molecule has 23 heavy (non-hydrogen) atoms. The predicted octanol–water partition coefficient (Wildman–Crippen LogP) is -0.350. The van der Waals surface area contributed by atoms with Gasteiger partial charge in [0.25, 0.3) is 5.56 Å². The number of fused-ring (bicyclic) bond motifs is 2. The molecule has 2 saturated heterocycles. The fourth-order valence-electron chi connectivity index (χ4n) is 3.04. The summed E-state index contributed by atoms with van der Waals surface area (Å²) in [5.41, 5.74) is -2.01. The van der Waals surface area contributed by atoms with Crippen LogP contribution in [0.5, 0.6) is 0 Å². The number of aryl methyl sites for hydroxylation is 1. The lowest BCUT2D eigenvalue weighted by molar-refractivity contribution is -0.215. The van der Waals surface area contributed by atoms with E-state index in [9.17, 15) is 19.3 Å². The van der Waals surface area contributed by atoms with Gasteiger partial charge in [0.2, 0.25) is 0 Å². The van der Waals surface area contributed by atoms with Crippen LogP contribution in [-0.2, 0) is 18.6 Å². The first-order chi connectivity index (χ1) is 10.8. The summed E-state index contributed by atoms with van der Waals surface area (Å²) >= 11 is 0. The molecule has 2 aliphatic heterocycles. The third-order valence-electron chi connectivity index (χ3n) is 4.37. The number of nitrogens with one attached hydrogen (secondary N) is 1. The molecule has 6 atom stereocenters. The molecular formula is C13H18N2O7P+. The van der Waals surface area contributed by atoms with Gasteiger partial charge in [-0.15, -0.1) is 4.52 Å². The van der Waals surface area contributed by atoms with Crippen molar-refractivity contribution in [3.05, 3.63) is 32.6 Å². The van der Waals surface area contributed by atoms with E-state index in [0.29, 0.717) is 5.56 Å². The Labute approximate surface area is 132 Å². The number of ether oxygens (including phenoxy) is 2. The molecule has 2 aliphatic rings. The Morgan fingerprint density at radius 2 is 2.22 bits per heavy atom. The van der Waals surface area contributed by atoms with Gasteiger partial charge in [0, 0.05) is 11.8 Å². The smallest absolute Gasteiger partial charge is 0.387 e. The zero-order valence-corrected chi connectivity index (χ0v) is 13.8. The second kappa shape index (κ2) is 5.61. The minimum atomic E-state index is -1.87. The largest absolute Gasteiger partial charge is 0.504 e. The predicted molar refractivity (Wildman–Crippen MR) is 78.7 cm³/mol. The van der Waals surface area contributed by atoms with E-state index in [2.05, 4.69) is 4.98 Å². The molecule has 2 N–H and O–H groups in total. The highest BCUT2D eigenvalue weighted by atomic mass is 31.1. The number of hydrogen-bond acceptors (Lipinski definition) is 7. The van der Waals surface area contributed by atoms with E-state index in [0.717, 1.165) is 0 Å². The van der Waals surface area contributed by atoms with Crippen molar-refractivity contribution in [2.24, 2.45) is 0 Å². The Morgan fingerprint density at radius 1 is 1.52 bits per heavy atom. The van der Waals surface area contributed by atoms with Crippen LogP contribution in [0.3, 0.4) is 0 Å². The van der Waals surface area contributed by atoms with Gasteiger partial charge < -0.3 is 14.6 Å². The van der Waals surface area contributed by atoms with Gasteiger partial charge in [-0.05, 0) is 18.4 Å². The first-order valence-electron chi connectivity index (χ1n) is 7.13. The molecule has 0 amide bonds. The monoisotopic (exact) mass is 345 g/mol. The molecule has 1 aromatic rings. The topological polar surface area (TPSA) is 120 Å². The quantitative estimate of drug-likeness (QED) is 0.716. The number of H-pyrrole nitrogens is 1. The van der Waals surface area contributed by atoms with E-state index in [1.807, 2.05) is 0 Å². The Kier molecular flexibility index (Phi) is 4.02. The van der Waals surface area contributed by atoms with Crippen molar-refractivity contribution >= 4 is 8.03 Å². The van der Waals surface area contributed by atoms with Crippen LogP contribution in [0.25, 0.3) is 0 Å². The minimum Gasteiger partial charge on any atom is -0.387 e. The van der Waals surface area contributed by atoms with Crippen LogP contribution in [0.2, 0.25) is 0 Å². The van der Waals surface area contributed by atoms with E-state index in [1.165, 1.54) is 17.4 Å². The van der Waals surface area contributed by atoms with Gasteiger partial charge in [0.15, 0.2) is 18.5 Å². The summed E-state index contributed by atoms with van der Waals surface area (Å²) in [5, 5.41) is 10.5. The molecule has 1 unspecified atom stereocenters. The first kappa shape index (κ1) is 16.5. The number of aliphatic hydroxyl groups excluding tert-OH is 1. The lowest BCUT2D eigenvalue weighted by Gasteiger charge is -2.34. The molecule has 0 saturated carbocycles. The van der Waals surface area contributed by atoms with Gasteiger partial charge in [-0.1, -0.05) is 0 Å². The Bertz CT molecular complexity index is 759. The van der Waals surface area contributed by atoms with Crippen LogP contribution in [0.15, 0.2) is 15.8 Å². The fraction of sp³-hybridized carbons (Fsp3) is 0.692. The Morgan fingerprint density at radius 3 is 2.87 bits per heavy atom. The average molecular weight is 345 g/mol. The Balaban J connectivity index is 1.97. The van der Waals surface area contributed by atoms with Crippen molar-refractivity contribution in [3.63, 3.8) is 0 Å². The average Bonchev–Trinajstić information content (AvgIpc) is 2.88. The van der Waals surface area contributed by atoms with Crippen molar-refractivity contribution in [3.8, 4) is 0 Å². The van der Waals surface area contributed by atoms with Gasteiger partial charge in [-0.3, -0.25) is 14.3 Å².